The molecule has 3 heteroatoms. The fraction of sp³-hybridized carbons (Fsp3) is 1.00. The first-order valence-electron chi connectivity index (χ1n) is 7.20. The number of ether oxygens (including phenoxy) is 1. The van der Waals surface area contributed by atoms with Crippen molar-refractivity contribution in [2.24, 2.45) is 5.92 Å². The first-order valence-corrected chi connectivity index (χ1v) is 7.20. The molecule has 110 valence electrons. The maximum Gasteiger partial charge on any atom is 0.0596 e. The van der Waals surface area contributed by atoms with E-state index in [4.69, 9.17) is 4.74 Å². The molecule has 3 nitrogen and oxygen atoms in total. The number of likely N-dealkylation sites (N-methyl/N-ethyl adjacent to an activating group) is 1. The molecule has 0 amide bonds. The molecular formula is C15H34N2O. The van der Waals surface area contributed by atoms with Crippen molar-refractivity contribution < 1.29 is 4.74 Å². The van der Waals surface area contributed by atoms with E-state index in [0.29, 0.717) is 18.1 Å². The largest absolute Gasteiger partial charge is 0.377 e. The molecular weight excluding hydrogens is 224 g/mol. The Labute approximate surface area is 114 Å². The van der Waals surface area contributed by atoms with E-state index in [1.807, 2.05) is 0 Å². The van der Waals surface area contributed by atoms with Gasteiger partial charge in [-0.05, 0) is 61.1 Å². The van der Waals surface area contributed by atoms with Gasteiger partial charge >= 0.3 is 0 Å². The van der Waals surface area contributed by atoms with Gasteiger partial charge in [0.05, 0.1) is 12.7 Å². The first kappa shape index (κ1) is 17.9. The summed E-state index contributed by atoms with van der Waals surface area (Å²) in [4.78, 5) is 2.39. The van der Waals surface area contributed by atoms with Crippen molar-refractivity contribution in [2.45, 2.75) is 66.2 Å². The van der Waals surface area contributed by atoms with Gasteiger partial charge in [0.1, 0.15) is 0 Å². The zero-order valence-corrected chi connectivity index (χ0v) is 13.7. The van der Waals surface area contributed by atoms with Crippen LogP contribution in [-0.4, -0.2) is 49.3 Å². The van der Waals surface area contributed by atoms with E-state index in [1.165, 1.54) is 0 Å². The van der Waals surface area contributed by atoms with Gasteiger partial charge < -0.3 is 15.0 Å². The first-order chi connectivity index (χ1) is 8.13. The average molecular weight is 258 g/mol. The van der Waals surface area contributed by atoms with E-state index in [2.05, 4.69) is 65.7 Å². The van der Waals surface area contributed by atoms with E-state index in [0.717, 1.165) is 19.7 Å². The molecule has 0 fully saturated rings. The van der Waals surface area contributed by atoms with Crippen LogP contribution in [0.5, 0.6) is 0 Å². The minimum atomic E-state index is 0.202. The molecule has 1 N–H and O–H groups in total. The van der Waals surface area contributed by atoms with Gasteiger partial charge in [0, 0.05) is 18.1 Å². The Balaban J connectivity index is 3.93. The second-order valence-electron chi connectivity index (χ2n) is 6.75. The third-order valence-corrected chi connectivity index (χ3v) is 3.37. The van der Waals surface area contributed by atoms with Crippen LogP contribution in [0, 0.1) is 5.92 Å². The lowest BCUT2D eigenvalue weighted by Gasteiger charge is -2.32. The lowest BCUT2D eigenvalue weighted by molar-refractivity contribution is 0.0516. The molecule has 0 aliphatic carbocycles. The summed E-state index contributed by atoms with van der Waals surface area (Å²) in [5, 5.41) is 3.57. The van der Waals surface area contributed by atoms with Crippen LogP contribution in [0.15, 0.2) is 0 Å². The van der Waals surface area contributed by atoms with Crippen molar-refractivity contribution in [2.75, 3.05) is 26.7 Å². The normalized spacial score (nSPS) is 16.3. The van der Waals surface area contributed by atoms with Crippen LogP contribution in [0.3, 0.4) is 0 Å². The molecule has 0 saturated carbocycles. The molecule has 0 radical (unpaired) electrons. The fourth-order valence-corrected chi connectivity index (χ4v) is 1.71. The van der Waals surface area contributed by atoms with Gasteiger partial charge in [-0.3, -0.25) is 0 Å². The molecule has 0 aromatic rings. The quantitative estimate of drug-likeness (QED) is 0.724. The number of hydrogen-bond acceptors (Lipinski definition) is 3. The molecule has 2 atom stereocenters. The Bertz CT molecular complexity index is 211. The van der Waals surface area contributed by atoms with Crippen molar-refractivity contribution in [1.29, 1.82) is 0 Å². The predicted molar refractivity (Wildman–Crippen MR) is 80.1 cm³/mol. The highest BCUT2D eigenvalue weighted by molar-refractivity contribution is 4.77. The van der Waals surface area contributed by atoms with Crippen LogP contribution in [0.25, 0.3) is 0 Å². The highest BCUT2D eigenvalue weighted by atomic mass is 16.5. The van der Waals surface area contributed by atoms with Crippen molar-refractivity contribution in [3.63, 3.8) is 0 Å². The smallest absolute Gasteiger partial charge is 0.0596 e. The van der Waals surface area contributed by atoms with Crippen LogP contribution >= 0.6 is 0 Å². The van der Waals surface area contributed by atoms with Gasteiger partial charge in [-0.2, -0.15) is 0 Å². The Kier molecular flexibility index (Phi) is 8.08. The molecule has 0 aromatic carbocycles. The lowest BCUT2D eigenvalue weighted by atomic mass is 10.0. The van der Waals surface area contributed by atoms with Crippen molar-refractivity contribution >= 4 is 0 Å². The predicted octanol–water partition coefficient (Wildman–Crippen LogP) is 2.76. The summed E-state index contributed by atoms with van der Waals surface area (Å²) in [7, 11) is 2.18. The molecule has 0 saturated heterocycles. The minimum absolute atomic E-state index is 0.202. The summed E-state index contributed by atoms with van der Waals surface area (Å²) >= 11 is 0. The molecule has 0 aliphatic heterocycles. The van der Waals surface area contributed by atoms with Crippen LogP contribution in [0.2, 0.25) is 0 Å². The summed E-state index contributed by atoms with van der Waals surface area (Å²) < 4.78 is 5.60. The van der Waals surface area contributed by atoms with Gasteiger partial charge in [-0.25, -0.2) is 0 Å². The second kappa shape index (κ2) is 8.13. The molecule has 0 heterocycles. The monoisotopic (exact) mass is 258 g/mol. The average Bonchev–Trinajstić information content (AvgIpc) is 2.23. The Hall–Kier alpha value is -0.120. The lowest BCUT2D eigenvalue weighted by Crippen LogP contribution is -2.45. The van der Waals surface area contributed by atoms with Gasteiger partial charge in [-0.1, -0.05) is 6.92 Å². The topological polar surface area (TPSA) is 24.5 Å². The van der Waals surface area contributed by atoms with Crippen molar-refractivity contribution in [3.05, 3.63) is 0 Å². The number of nitrogens with one attached hydrogen (secondary N) is 1. The molecule has 0 spiro atoms. The number of rotatable bonds is 8. The minimum Gasteiger partial charge on any atom is -0.377 e. The maximum atomic E-state index is 5.60. The van der Waals surface area contributed by atoms with Gasteiger partial charge in [0.25, 0.3) is 0 Å². The number of nitrogens with zero attached hydrogens (tertiary/aromatic N) is 1. The van der Waals surface area contributed by atoms with Crippen LogP contribution in [-0.2, 0) is 4.74 Å². The fourth-order valence-electron chi connectivity index (χ4n) is 1.71. The molecule has 0 bridgehead atoms. The molecule has 0 aliphatic rings. The van der Waals surface area contributed by atoms with Crippen LogP contribution < -0.4 is 5.32 Å². The van der Waals surface area contributed by atoms with Crippen molar-refractivity contribution in [1.82, 2.24) is 10.2 Å². The van der Waals surface area contributed by atoms with Crippen LogP contribution in [0.4, 0.5) is 0 Å². The Morgan fingerprint density at radius 3 is 2.11 bits per heavy atom. The number of hydrogen-bond donors (Lipinski definition) is 1. The van der Waals surface area contributed by atoms with Gasteiger partial charge in [-0.15, -0.1) is 0 Å². The van der Waals surface area contributed by atoms with E-state index in [9.17, 15) is 0 Å². The van der Waals surface area contributed by atoms with E-state index in [-0.39, 0.29) is 5.54 Å². The van der Waals surface area contributed by atoms with E-state index < -0.39 is 0 Å². The Morgan fingerprint density at radius 2 is 1.67 bits per heavy atom. The van der Waals surface area contributed by atoms with Gasteiger partial charge in [0.15, 0.2) is 0 Å². The Morgan fingerprint density at radius 1 is 1.11 bits per heavy atom. The van der Waals surface area contributed by atoms with Gasteiger partial charge in [0.2, 0.25) is 0 Å². The zero-order valence-electron chi connectivity index (χ0n) is 13.7. The molecule has 0 rings (SSSR count). The third-order valence-electron chi connectivity index (χ3n) is 3.37. The zero-order chi connectivity index (χ0) is 14.3. The van der Waals surface area contributed by atoms with Crippen LogP contribution in [0.1, 0.15) is 48.5 Å². The summed E-state index contributed by atoms with van der Waals surface area (Å²) in [6.45, 7) is 18.3. The summed E-state index contributed by atoms with van der Waals surface area (Å²) in [5.41, 5.74) is 0.202. The molecule has 18 heavy (non-hydrogen) atoms. The molecule has 2 unspecified atom stereocenters. The highest BCUT2D eigenvalue weighted by Crippen LogP contribution is 2.10. The van der Waals surface area contributed by atoms with E-state index in [1.54, 1.807) is 0 Å². The summed E-state index contributed by atoms with van der Waals surface area (Å²) in [5.74, 6) is 0.633. The highest BCUT2D eigenvalue weighted by Gasteiger charge is 2.19. The van der Waals surface area contributed by atoms with E-state index >= 15 is 0 Å². The SMILES string of the molecule is CC(C)OCCN(C)C(C)C(C)CNC(C)(C)C. The summed E-state index contributed by atoms with van der Waals surface area (Å²) in [6, 6.07) is 0.565. The third kappa shape index (κ3) is 8.90. The summed E-state index contributed by atoms with van der Waals surface area (Å²) in [6.07, 6.45) is 0.327. The van der Waals surface area contributed by atoms with Crippen molar-refractivity contribution in [3.8, 4) is 0 Å². The second-order valence-corrected chi connectivity index (χ2v) is 6.75. The maximum absolute atomic E-state index is 5.60. The molecule has 0 aromatic heterocycles. The standard InChI is InChI=1S/C15H34N2O/c1-12(2)18-10-9-17(8)14(4)13(3)11-16-15(5,6)7/h12-14,16H,9-11H2,1-8H3.